The van der Waals surface area contributed by atoms with Gasteiger partial charge < -0.3 is 15.4 Å². The Bertz CT molecular complexity index is 777. The van der Waals surface area contributed by atoms with Crippen molar-refractivity contribution in [1.29, 1.82) is 0 Å². The minimum atomic E-state index is -0.390. The van der Waals surface area contributed by atoms with Crippen LogP contribution in [0, 0.1) is 13.8 Å². The van der Waals surface area contributed by atoms with Crippen LogP contribution in [0.4, 0.5) is 21.0 Å². The summed E-state index contributed by atoms with van der Waals surface area (Å²) in [5, 5.41) is 5.46. The monoisotopic (exact) mass is 339 g/mol. The van der Waals surface area contributed by atoms with Crippen LogP contribution in [-0.2, 0) is 4.74 Å². The van der Waals surface area contributed by atoms with Crippen molar-refractivity contribution in [3.8, 4) is 0 Å². The zero-order valence-electron chi connectivity index (χ0n) is 14.3. The molecule has 0 saturated carbocycles. The molecule has 2 aromatic carbocycles. The van der Waals surface area contributed by atoms with Gasteiger partial charge in [-0.2, -0.15) is 0 Å². The van der Waals surface area contributed by atoms with E-state index in [2.05, 4.69) is 10.6 Å². The van der Waals surface area contributed by atoms with Gasteiger partial charge >= 0.3 is 12.1 Å². The lowest BCUT2D eigenvalue weighted by atomic mass is 10.1. The minimum absolute atomic E-state index is 0.256. The Hall–Kier alpha value is -3.02. The third-order valence-corrected chi connectivity index (χ3v) is 4.20. The van der Waals surface area contributed by atoms with Gasteiger partial charge in [0.1, 0.15) is 6.10 Å². The van der Waals surface area contributed by atoms with Gasteiger partial charge in [-0.25, -0.2) is 9.59 Å². The number of hydrogen-bond donors (Lipinski definition) is 2. The van der Waals surface area contributed by atoms with Gasteiger partial charge in [0.2, 0.25) is 0 Å². The maximum Gasteiger partial charge on any atom is 0.414 e. The first-order valence-electron chi connectivity index (χ1n) is 8.18. The molecule has 1 aliphatic rings. The number of carbonyl (C=O) groups is 2. The molecule has 1 atom stereocenters. The summed E-state index contributed by atoms with van der Waals surface area (Å²) in [5.41, 5.74) is 3.81. The van der Waals surface area contributed by atoms with Crippen LogP contribution in [0.25, 0.3) is 0 Å². The third-order valence-electron chi connectivity index (χ3n) is 4.20. The van der Waals surface area contributed by atoms with E-state index in [-0.39, 0.29) is 18.7 Å². The standard InChI is InChI=1S/C19H21N3O3/c1-13-8-9-16(10-14(13)2)22-12-17(25-19(22)24)11-20-18(23)21-15-6-4-3-5-7-15/h3-10,17H,11-12H2,1-2H3,(H2,20,21,23). The molecule has 25 heavy (non-hydrogen) atoms. The van der Waals surface area contributed by atoms with Crippen LogP contribution in [0.3, 0.4) is 0 Å². The molecule has 0 aliphatic carbocycles. The Morgan fingerprint density at radius 2 is 1.92 bits per heavy atom. The van der Waals surface area contributed by atoms with Gasteiger partial charge in [0.05, 0.1) is 13.1 Å². The number of nitrogens with zero attached hydrogens (tertiary/aromatic N) is 1. The number of cyclic esters (lactones) is 1. The lowest BCUT2D eigenvalue weighted by molar-refractivity contribution is 0.141. The Labute approximate surface area is 146 Å². The summed E-state index contributed by atoms with van der Waals surface area (Å²) in [6.07, 6.45) is -0.769. The Morgan fingerprint density at radius 3 is 2.64 bits per heavy atom. The lowest BCUT2D eigenvalue weighted by Crippen LogP contribution is -2.37. The smallest absolute Gasteiger partial charge is 0.414 e. The number of carbonyl (C=O) groups excluding carboxylic acids is 2. The molecule has 130 valence electrons. The Morgan fingerprint density at radius 1 is 1.16 bits per heavy atom. The van der Waals surface area contributed by atoms with Crippen LogP contribution in [0.15, 0.2) is 48.5 Å². The number of urea groups is 1. The van der Waals surface area contributed by atoms with Crippen LogP contribution >= 0.6 is 0 Å². The highest BCUT2D eigenvalue weighted by Crippen LogP contribution is 2.23. The van der Waals surface area contributed by atoms with Crippen molar-refractivity contribution < 1.29 is 14.3 Å². The summed E-state index contributed by atoms with van der Waals surface area (Å²) in [6, 6.07) is 14.7. The number of benzene rings is 2. The van der Waals surface area contributed by atoms with Gasteiger partial charge in [0.25, 0.3) is 0 Å². The quantitative estimate of drug-likeness (QED) is 0.896. The lowest BCUT2D eigenvalue weighted by Gasteiger charge is -2.14. The zero-order valence-corrected chi connectivity index (χ0v) is 14.3. The first kappa shape index (κ1) is 16.8. The van der Waals surface area contributed by atoms with Gasteiger partial charge in [0, 0.05) is 11.4 Å². The Balaban J connectivity index is 1.54. The molecule has 1 unspecified atom stereocenters. The SMILES string of the molecule is Cc1ccc(N2CC(CNC(=O)Nc3ccccc3)OC2=O)cc1C. The topological polar surface area (TPSA) is 70.7 Å². The molecule has 0 radical (unpaired) electrons. The fourth-order valence-corrected chi connectivity index (χ4v) is 2.64. The summed E-state index contributed by atoms with van der Waals surface area (Å²) in [6.45, 7) is 4.70. The predicted molar refractivity (Wildman–Crippen MR) is 97.0 cm³/mol. The molecular formula is C19H21N3O3. The van der Waals surface area contributed by atoms with Gasteiger partial charge in [-0.05, 0) is 49.2 Å². The molecule has 6 nitrogen and oxygen atoms in total. The van der Waals surface area contributed by atoms with E-state index in [0.29, 0.717) is 12.2 Å². The third kappa shape index (κ3) is 4.09. The molecule has 0 bridgehead atoms. The molecule has 3 rings (SSSR count). The van der Waals surface area contributed by atoms with Crippen molar-refractivity contribution in [1.82, 2.24) is 5.32 Å². The average molecular weight is 339 g/mol. The summed E-state index contributed by atoms with van der Waals surface area (Å²) in [7, 11) is 0. The normalized spacial score (nSPS) is 16.5. The second-order valence-electron chi connectivity index (χ2n) is 6.09. The highest BCUT2D eigenvalue weighted by atomic mass is 16.6. The van der Waals surface area contributed by atoms with Crippen LogP contribution in [-0.4, -0.2) is 31.3 Å². The van der Waals surface area contributed by atoms with Gasteiger partial charge in [-0.15, -0.1) is 0 Å². The highest BCUT2D eigenvalue weighted by molar-refractivity contribution is 5.91. The number of rotatable bonds is 4. The number of ether oxygens (including phenoxy) is 1. The number of amides is 3. The number of para-hydroxylation sites is 1. The van der Waals surface area contributed by atoms with E-state index in [1.54, 1.807) is 17.0 Å². The Kier molecular flexibility index (Phi) is 4.88. The predicted octanol–water partition coefficient (Wildman–Crippen LogP) is 3.45. The van der Waals surface area contributed by atoms with E-state index in [0.717, 1.165) is 11.3 Å². The molecule has 6 heteroatoms. The second kappa shape index (κ2) is 7.25. The summed E-state index contributed by atoms with van der Waals surface area (Å²) >= 11 is 0. The van der Waals surface area contributed by atoms with Crippen molar-refractivity contribution >= 4 is 23.5 Å². The maximum absolute atomic E-state index is 12.1. The van der Waals surface area contributed by atoms with Gasteiger partial charge in [-0.1, -0.05) is 24.3 Å². The molecule has 0 spiro atoms. The van der Waals surface area contributed by atoms with Crippen LogP contribution in [0.1, 0.15) is 11.1 Å². The summed E-state index contributed by atoms with van der Waals surface area (Å²) in [5.74, 6) is 0. The maximum atomic E-state index is 12.1. The van der Waals surface area contributed by atoms with E-state index in [1.807, 2.05) is 50.2 Å². The van der Waals surface area contributed by atoms with Crippen LogP contribution < -0.4 is 15.5 Å². The molecule has 3 amide bonds. The van der Waals surface area contributed by atoms with Gasteiger partial charge in [0.15, 0.2) is 0 Å². The summed E-state index contributed by atoms with van der Waals surface area (Å²) in [4.78, 5) is 25.6. The first-order chi connectivity index (χ1) is 12.0. The van der Waals surface area contributed by atoms with E-state index < -0.39 is 6.09 Å². The molecular weight excluding hydrogens is 318 g/mol. The molecule has 2 N–H and O–H groups in total. The van der Waals surface area contributed by atoms with Crippen LogP contribution in [0.2, 0.25) is 0 Å². The molecule has 1 saturated heterocycles. The fourth-order valence-electron chi connectivity index (χ4n) is 2.64. The average Bonchev–Trinajstić information content (AvgIpc) is 2.97. The van der Waals surface area contributed by atoms with E-state index in [9.17, 15) is 9.59 Å². The molecule has 1 heterocycles. The zero-order chi connectivity index (χ0) is 17.8. The van der Waals surface area contributed by atoms with E-state index in [4.69, 9.17) is 4.74 Å². The number of anilines is 2. The molecule has 0 aromatic heterocycles. The van der Waals surface area contributed by atoms with Crippen molar-refractivity contribution in [3.63, 3.8) is 0 Å². The van der Waals surface area contributed by atoms with Crippen LogP contribution in [0.5, 0.6) is 0 Å². The number of aryl methyl sites for hydroxylation is 2. The van der Waals surface area contributed by atoms with Crippen molar-refractivity contribution in [3.05, 3.63) is 59.7 Å². The second-order valence-corrected chi connectivity index (χ2v) is 6.09. The van der Waals surface area contributed by atoms with E-state index >= 15 is 0 Å². The van der Waals surface area contributed by atoms with Gasteiger partial charge in [-0.3, -0.25) is 4.90 Å². The summed E-state index contributed by atoms with van der Waals surface area (Å²) < 4.78 is 5.34. The minimum Gasteiger partial charge on any atom is -0.442 e. The number of nitrogens with one attached hydrogen (secondary N) is 2. The largest absolute Gasteiger partial charge is 0.442 e. The van der Waals surface area contributed by atoms with Crippen molar-refractivity contribution in [2.45, 2.75) is 20.0 Å². The molecule has 1 aliphatic heterocycles. The molecule has 1 fully saturated rings. The van der Waals surface area contributed by atoms with E-state index in [1.165, 1.54) is 5.56 Å². The molecule has 2 aromatic rings. The van der Waals surface area contributed by atoms with Crippen molar-refractivity contribution in [2.24, 2.45) is 0 Å². The van der Waals surface area contributed by atoms with Crippen molar-refractivity contribution in [2.75, 3.05) is 23.3 Å². The fraction of sp³-hybridized carbons (Fsp3) is 0.263. The highest BCUT2D eigenvalue weighted by Gasteiger charge is 2.32. The number of hydrogen-bond acceptors (Lipinski definition) is 3. The first-order valence-corrected chi connectivity index (χ1v) is 8.18.